The summed E-state index contributed by atoms with van der Waals surface area (Å²) in [5.74, 6) is 0.899. The molecule has 1 fully saturated rings. The van der Waals surface area contributed by atoms with Gasteiger partial charge in [0.1, 0.15) is 16.3 Å². The fourth-order valence-electron chi connectivity index (χ4n) is 2.11. The lowest BCUT2D eigenvalue weighted by molar-refractivity contribution is 0.627. The topological polar surface area (TPSA) is 28.7 Å². The van der Waals surface area contributed by atoms with E-state index in [9.17, 15) is 4.39 Å². The molecular formula is C14H12BrFN2S. The van der Waals surface area contributed by atoms with Gasteiger partial charge in [0.2, 0.25) is 0 Å². The maximum Gasteiger partial charge on any atom is 0.144 e. The van der Waals surface area contributed by atoms with Gasteiger partial charge in [0, 0.05) is 17.2 Å². The fraction of sp³-hybridized carbons (Fsp3) is 0.286. The second kappa shape index (κ2) is 4.80. The minimum atomic E-state index is -0.266. The fourth-order valence-corrected chi connectivity index (χ4v) is 2.82. The number of halogens is 2. The van der Waals surface area contributed by atoms with Crippen molar-refractivity contribution in [3.05, 3.63) is 44.4 Å². The lowest BCUT2D eigenvalue weighted by Gasteiger charge is -2.10. The van der Waals surface area contributed by atoms with E-state index in [1.165, 1.54) is 12.1 Å². The highest BCUT2D eigenvalue weighted by Gasteiger charge is 2.27. The smallest absolute Gasteiger partial charge is 0.144 e. The first-order valence-corrected chi connectivity index (χ1v) is 7.32. The summed E-state index contributed by atoms with van der Waals surface area (Å²) in [6.45, 7) is 1.94. The predicted molar refractivity (Wildman–Crippen MR) is 79.2 cm³/mol. The normalized spacial score (nSPS) is 14.7. The monoisotopic (exact) mass is 338 g/mol. The van der Waals surface area contributed by atoms with E-state index in [1.807, 2.05) is 6.92 Å². The molecule has 0 atom stereocenters. The van der Waals surface area contributed by atoms with Crippen molar-refractivity contribution in [1.29, 1.82) is 0 Å². The van der Waals surface area contributed by atoms with Gasteiger partial charge >= 0.3 is 0 Å². The number of H-pyrrole nitrogens is 1. The van der Waals surface area contributed by atoms with Gasteiger partial charge in [0.05, 0.1) is 4.47 Å². The average Bonchev–Trinajstić information content (AvgIpc) is 3.20. The zero-order valence-electron chi connectivity index (χ0n) is 10.3. The van der Waals surface area contributed by atoms with Crippen molar-refractivity contribution in [2.24, 2.45) is 0 Å². The van der Waals surface area contributed by atoms with Crippen molar-refractivity contribution in [3.63, 3.8) is 0 Å². The van der Waals surface area contributed by atoms with E-state index in [2.05, 4.69) is 25.9 Å². The Kier molecular flexibility index (Phi) is 3.27. The van der Waals surface area contributed by atoms with Crippen LogP contribution in [-0.2, 0) is 0 Å². The molecule has 3 rings (SSSR count). The average molecular weight is 339 g/mol. The van der Waals surface area contributed by atoms with Gasteiger partial charge in [-0.25, -0.2) is 9.37 Å². The van der Waals surface area contributed by atoms with Crippen molar-refractivity contribution in [2.75, 3.05) is 0 Å². The highest BCUT2D eigenvalue weighted by atomic mass is 79.9. The first kappa shape index (κ1) is 12.9. The van der Waals surface area contributed by atoms with E-state index < -0.39 is 0 Å². The molecule has 98 valence electrons. The van der Waals surface area contributed by atoms with Gasteiger partial charge in [0.15, 0.2) is 0 Å². The van der Waals surface area contributed by atoms with Gasteiger partial charge in [-0.15, -0.1) is 0 Å². The number of hydrogen-bond donors (Lipinski definition) is 1. The summed E-state index contributed by atoms with van der Waals surface area (Å²) >= 11 is 8.77. The number of benzene rings is 1. The molecule has 1 saturated carbocycles. The summed E-state index contributed by atoms with van der Waals surface area (Å²) in [5.41, 5.74) is 2.82. The molecule has 0 radical (unpaired) electrons. The molecule has 0 aliphatic heterocycles. The summed E-state index contributed by atoms with van der Waals surface area (Å²) in [7, 11) is 0. The third-order valence-electron chi connectivity index (χ3n) is 3.33. The second-order valence-corrected chi connectivity index (χ2v) is 6.03. The number of hydrogen-bond acceptors (Lipinski definition) is 2. The lowest BCUT2D eigenvalue weighted by Crippen LogP contribution is -1.99. The number of nitrogens with one attached hydrogen (secondary N) is 1. The van der Waals surface area contributed by atoms with Crippen LogP contribution in [0.5, 0.6) is 0 Å². The summed E-state index contributed by atoms with van der Waals surface area (Å²) in [4.78, 5) is 7.67. The molecular weight excluding hydrogens is 327 g/mol. The quantitative estimate of drug-likeness (QED) is 0.789. The third kappa shape index (κ3) is 2.49. The molecule has 19 heavy (non-hydrogen) atoms. The van der Waals surface area contributed by atoms with Crippen LogP contribution in [0.1, 0.15) is 30.0 Å². The van der Waals surface area contributed by atoms with Crippen LogP contribution in [0.2, 0.25) is 0 Å². The number of nitrogens with zero attached hydrogens (tertiary/aromatic N) is 1. The van der Waals surface area contributed by atoms with E-state index >= 15 is 0 Å². The molecule has 2 nitrogen and oxygen atoms in total. The maximum absolute atomic E-state index is 13.4. The van der Waals surface area contributed by atoms with Crippen LogP contribution in [0.3, 0.4) is 0 Å². The van der Waals surface area contributed by atoms with Gasteiger partial charge in [0.25, 0.3) is 0 Å². The summed E-state index contributed by atoms with van der Waals surface area (Å²) in [6, 6.07) is 4.70. The van der Waals surface area contributed by atoms with Crippen LogP contribution in [0.15, 0.2) is 22.7 Å². The molecule has 1 aliphatic carbocycles. The van der Waals surface area contributed by atoms with Crippen LogP contribution in [0.4, 0.5) is 4.39 Å². The summed E-state index contributed by atoms with van der Waals surface area (Å²) < 4.78 is 14.8. The maximum atomic E-state index is 13.4. The molecule has 5 heteroatoms. The molecule has 1 N–H and O–H groups in total. The van der Waals surface area contributed by atoms with E-state index in [-0.39, 0.29) is 5.82 Å². The van der Waals surface area contributed by atoms with Crippen molar-refractivity contribution in [1.82, 2.24) is 9.97 Å². The molecule has 1 heterocycles. The second-order valence-electron chi connectivity index (χ2n) is 4.85. The molecule has 0 spiro atoms. The van der Waals surface area contributed by atoms with E-state index in [4.69, 9.17) is 12.2 Å². The van der Waals surface area contributed by atoms with Gasteiger partial charge in [-0.05, 0) is 53.4 Å². The molecule has 1 aromatic carbocycles. The van der Waals surface area contributed by atoms with Crippen molar-refractivity contribution >= 4 is 28.1 Å². The molecule has 1 aliphatic rings. The van der Waals surface area contributed by atoms with E-state index in [1.54, 1.807) is 6.07 Å². The number of aromatic nitrogens is 2. The van der Waals surface area contributed by atoms with E-state index in [0.717, 1.165) is 34.1 Å². The first-order chi connectivity index (χ1) is 9.06. The molecule has 1 aromatic heterocycles. The Labute approximate surface area is 124 Å². The van der Waals surface area contributed by atoms with Gasteiger partial charge in [-0.2, -0.15) is 0 Å². The number of aryl methyl sites for hydroxylation is 1. The lowest BCUT2D eigenvalue weighted by atomic mass is 10.1. The highest BCUT2D eigenvalue weighted by Crippen LogP contribution is 2.42. The standard InChI is InChI=1S/C14H12BrFN2S/c1-7-2-5-9(16)6-10(7)13-17-12(8-3-4-8)11(15)14(19)18-13/h2,5-6,8H,3-4H2,1H3,(H,17,18,19). The minimum Gasteiger partial charge on any atom is -0.342 e. The van der Waals surface area contributed by atoms with Crippen LogP contribution < -0.4 is 0 Å². The largest absolute Gasteiger partial charge is 0.342 e. The zero-order chi connectivity index (χ0) is 13.6. The van der Waals surface area contributed by atoms with Crippen LogP contribution in [0.25, 0.3) is 11.4 Å². The summed E-state index contributed by atoms with van der Waals surface area (Å²) in [6.07, 6.45) is 2.32. The molecule has 0 amide bonds. The Bertz CT molecular complexity index is 707. The number of rotatable bonds is 2. The number of aromatic amines is 1. The van der Waals surface area contributed by atoms with Gasteiger partial charge in [-0.3, -0.25) is 0 Å². The van der Waals surface area contributed by atoms with Crippen molar-refractivity contribution in [3.8, 4) is 11.4 Å². The first-order valence-electron chi connectivity index (χ1n) is 6.12. The Balaban J connectivity index is 2.20. The molecule has 0 bridgehead atoms. The third-order valence-corrected chi connectivity index (χ3v) is 4.69. The predicted octanol–water partition coefficient (Wildman–Crippen LogP) is 4.89. The van der Waals surface area contributed by atoms with E-state index in [0.29, 0.717) is 16.4 Å². The molecule has 2 aromatic rings. The van der Waals surface area contributed by atoms with Crippen LogP contribution >= 0.6 is 28.1 Å². The molecule has 0 unspecified atom stereocenters. The van der Waals surface area contributed by atoms with Crippen molar-refractivity contribution < 1.29 is 4.39 Å². The Morgan fingerprint density at radius 2 is 2.16 bits per heavy atom. The van der Waals surface area contributed by atoms with Crippen LogP contribution in [-0.4, -0.2) is 9.97 Å². The SMILES string of the molecule is Cc1ccc(F)cc1-c1nc(=S)c(Br)c(C2CC2)[nH]1. The van der Waals surface area contributed by atoms with Crippen molar-refractivity contribution in [2.45, 2.75) is 25.7 Å². The van der Waals surface area contributed by atoms with Crippen LogP contribution in [0, 0.1) is 17.4 Å². The van der Waals surface area contributed by atoms with Gasteiger partial charge < -0.3 is 4.98 Å². The molecule has 0 saturated heterocycles. The minimum absolute atomic E-state index is 0.266. The summed E-state index contributed by atoms with van der Waals surface area (Å²) in [5, 5.41) is 0. The Morgan fingerprint density at radius 3 is 2.84 bits per heavy atom. The van der Waals surface area contributed by atoms with Gasteiger partial charge in [-0.1, -0.05) is 18.3 Å². The highest BCUT2D eigenvalue weighted by molar-refractivity contribution is 9.10. The Morgan fingerprint density at radius 1 is 1.42 bits per heavy atom. The Hall–Kier alpha value is -1.07. The zero-order valence-corrected chi connectivity index (χ0v) is 12.7.